The van der Waals surface area contributed by atoms with Crippen molar-refractivity contribution in [2.24, 2.45) is 0 Å². The Morgan fingerprint density at radius 2 is 1.80 bits per heavy atom. The van der Waals surface area contributed by atoms with E-state index in [0.29, 0.717) is 17.8 Å². The van der Waals surface area contributed by atoms with Crippen LogP contribution in [0.25, 0.3) is 0 Å². The van der Waals surface area contributed by atoms with E-state index in [-0.39, 0.29) is 12.5 Å². The molecule has 2 aromatic rings. The molecule has 6 heteroatoms. The Hall–Kier alpha value is -2.60. The van der Waals surface area contributed by atoms with Crippen LogP contribution in [-0.2, 0) is 16.6 Å². The average molecular weight is 358 g/mol. The van der Waals surface area contributed by atoms with Gasteiger partial charge in [-0.3, -0.25) is 9.10 Å². The predicted octanol–water partition coefficient (Wildman–Crippen LogP) is 2.88. The van der Waals surface area contributed by atoms with Gasteiger partial charge < -0.3 is 5.32 Å². The number of nitrogens with one attached hydrogen (secondary N) is 1. The molecule has 0 heterocycles. The number of hydrogen-bond donors (Lipinski definition) is 1. The summed E-state index contributed by atoms with van der Waals surface area (Å²) in [4.78, 5) is 12.3. The summed E-state index contributed by atoms with van der Waals surface area (Å²) < 4.78 is 24.9. The van der Waals surface area contributed by atoms with E-state index in [0.717, 1.165) is 17.4 Å². The fourth-order valence-electron chi connectivity index (χ4n) is 2.41. The van der Waals surface area contributed by atoms with Gasteiger partial charge in [-0.15, -0.1) is 6.58 Å². The summed E-state index contributed by atoms with van der Waals surface area (Å²) in [6.07, 6.45) is 2.66. The largest absolute Gasteiger partial charge is 0.348 e. The van der Waals surface area contributed by atoms with Gasteiger partial charge in [0.15, 0.2) is 0 Å². The normalized spacial score (nSPS) is 11.0. The van der Waals surface area contributed by atoms with Crippen molar-refractivity contribution in [3.63, 3.8) is 0 Å². The number of amides is 1. The molecule has 0 unspecified atom stereocenters. The number of carbonyl (C=O) groups excluding carboxylic acids is 1. The predicted molar refractivity (Wildman–Crippen MR) is 101 cm³/mol. The fourth-order valence-corrected chi connectivity index (χ4v) is 3.30. The molecule has 2 rings (SSSR count). The van der Waals surface area contributed by atoms with E-state index in [1.54, 1.807) is 24.3 Å². The van der Waals surface area contributed by atoms with Crippen molar-refractivity contribution in [3.8, 4) is 0 Å². The second kappa shape index (κ2) is 7.98. The second-order valence-corrected chi connectivity index (χ2v) is 7.65. The Bertz CT molecular complexity index is 858. The molecule has 5 nitrogen and oxygen atoms in total. The number of nitrogens with zero attached hydrogens (tertiary/aromatic N) is 1. The van der Waals surface area contributed by atoms with Gasteiger partial charge in [0.05, 0.1) is 18.5 Å². The first-order valence-corrected chi connectivity index (χ1v) is 9.69. The Balaban J connectivity index is 2.09. The van der Waals surface area contributed by atoms with E-state index >= 15 is 0 Å². The van der Waals surface area contributed by atoms with Crippen LogP contribution in [-0.4, -0.2) is 27.1 Å². The Morgan fingerprint density at radius 3 is 2.36 bits per heavy atom. The zero-order valence-electron chi connectivity index (χ0n) is 14.4. The number of hydrogen-bond acceptors (Lipinski definition) is 3. The maximum Gasteiger partial charge on any atom is 0.251 e. The summed E-state index contributed by atoms with van der Waals surface area (Å²) in [6, 6.07) is 14.3. The lowest BCUT2D eigenvalue weighted by Gasteiger charge is -2.20. The van der Waals surface area contributed by atoms with Crippen molar-refractivity contribution in [1.82, 2.24) is 5.32 Å². The highest BCUT2D eigenvalue weighted by molar-refractivity contribution is 7.92. The molecule has 0 bridgehead atoms. The minimum Gasteiger partial charge on any atom is -0.348 e. The Morgan fingerprint density at radius 1 is 1.16 bits per heavy atom. The van der Waals surface area contributed by atoms with Crippen LogP contribution >= 0.6 is 0 Å². The topological polar surface area (TPSA) is 66.5 Å². The van der Waals surface area contributed by atoms with Gasteiger partial charge in [0.25, 0.3) is 5.91 Å². The van der Waals surface area contributed by atoms with E-state index < -0.39 is 10.0 Å². The molecule has 0 aliphatic rings. The average Bonchev–Trinajstić information content (AvgIpc) is 2.58. The van der Waals surface area contributed by atoms with E-state index in [1.807, 2.05) is 31.2 Å². The highest BCUT2D eigenvalue weighted by atomic mass is 32.2. The van der Waals surface area contributed by atoms with E-state index in [4.69, 9.17) is 0 Å². The van der Waals surface area contributed by atoms with Gasteiger partial charge >= 0.3 is 0 Å². The van der Waals surface area contributed by atoms with E-state index in [1.165, 1.54) is 10.4 Å². The van der Waals surface area contributed by atoms with Crippen molar-refractivity contribution in [2.75, 3.05) is 17.1 Å². The number of sulfonamides is 1. The SMILES string of the molecule is C=CCN(c1ccc(C(=O)NCc2ccccc2C)cc1)S(C)(=O)=O. The first kappa shape index (κ1) is 18.7. The molecule has 132 valence electrons. The van der Waals surface area contributed by atoms with Gasteiger partial charge in [0, 0.05) is 12.1 Å². The smallest absolute Gasteiger partial charge is 0.251 e. The summed E-state index contributed by atoms with van der Waals surface area (Å²) in [7, 11) is -3.40. The quantitative estimate of drug-likeness (QED) is 0.774. The summed E-state index contributed by atoms with van der Waals surface area (Å²) in [5.41, 5.74) is 3.15. The number of anilines is 1. The molecular weight excluding hydrogens is 336 g/mol. The summed E-state index contributed by atoms with van der Waals surface area (Å²) in [6.45, 7) is 6.19. The number of carbonyl (C=O) groups is 1. The number of rotatable bonds is 7. The van der Waals surface area contributed by atoms with Crippen LogP contribution in [0.15, 0.2) is 61.2 Å². The van der Waals surface area contributed by atoms with Gasteiger partial charge in [-0.05, 0) is 42.3 Å². The minimum atomic E-state index is -3.40. The first-order valence-electron chi connectivity index (χ1n) is 7.84. The van der Waals surface area contributed by atoms with Crippen LogP contribution in [0.1, 0.15) is 21.5 Å². The summed E-state index contributed by atoms with van der Waals surface area (Å²) >= 11 is 0. The number of benzene rings is 2. The molecular formula is C19H22N2O3S. The molecule has 0 spiro atoms. The molecule has 0 aromatic heterocycles. The molecule has 0 fully saturated rings. The Kier molecular flexibility index (Phi) is 5.98. The van der Waals surface area contributed by atoms with Crippen molar-refractivity contribution in [2.45, 2.75) is 13.5 Å². The first-order chi connectivity index (χ1) is 11.8. The van der Waals surface area contributed by atoms with Crippen LogP contribution in [0, 0.1) is 6.92 Å². The molecule has 0 atom stereocenters. The van der Waals surface area contributed by atoms with E-state index in [2.05, 4.69) is 11.9 Å². The van der Waals surface area contributed by atoms with Gasteiger partial charge in [-0.2, -0.15) is 0 Å². The molecule has 0 aliphatic carbocycles. The molecule has 0 radical (unpaired) electrons. The fraction of sp³-hybridized carbons (Fsp3) is 0.211. The summed E-state index contributed by atoms with van der Waals surface area (Å²) in [5, 5.41) is 2.87. The van der Waals surface area contributed by atoms with Crippen LogP contribution in [0.2, 0.25) is 0 Å². The van der Waals surface area contributed by atoms with Gasteiger partial charge in [0.1, 0.15) is 0 Å². The van der Waals surface area contributed by atoms with Gasteiger partial charge in [0.2, 0.25) is 10.0 Å². The lowest BCUT2D eigenvalue weighted by Crippen LogP contribution is -2.30. The third-order valence-corrected chi connectivity index (χ3v) is 4.97. The highest BCUT2D eigenvalue weighted by Gasteiger charge is 2.16. The summed E-state index contributed by atoms with van der Waals surface area (Å²) in [5.74, 6) is -0.204. The molecule has 0 saturated heterocycles. The van der Waals surface area contributed by atoms with Crippen LogP contribution in [0.3, 0.4) is 0 Å². The molecule has 0 aliphatic heterocycles. The van der Waals surface area contributed by atoms with Crippen LogP contribution in [0.4, 0.5) is 5.69 Å². The molecule has 0 saturated carbocycles. The molecule has 2 aromatic carbocycles. The third kappa shape index (κ3) is 4.93. The van der Waals surface area contributed by atoms with Gasteiger partial charge in [-0.1, -0.05) is 30.3 Å². The van der Waals surface area contributed by atoms with Gasteiger partial charge in [-0.25, -0.2) is 8.42 Å². The standard InChI is InChI=1S/C19H22N2O3S/c1-4-13-21(25(3,23)24)18-11-9-16(10-12-18)19(22)20-14-17-8-6-5-7-15(17)2/h4-12H,1,13-14H2,2-3H3,(H,20,22). The van der Waals surface area contributed by atoms with Crippen molar-refractivity contribution >= 4 is 21.6 Å². The zero-order valence-corrected chi connectivity index (χ0v) is 15.2. The highest BCUT2D eigenvalue weighted by Crippen LogP contribution is 2.18. The zero-order chi connectivity index (χ0) is 18.4. The minimum absolute atomic E-state index is 0.178. The third-order valence-electron chi connectivity index (χ3n) is 3.81. The maximum absolute atomic E-state index is 12.3. The maximum atomic E-state index is 12.3. The van der Waals surface area contributed by atoms with Crippen molar-refractivity contribution in [1.29, 1.82) is 0 Å². The lowest BCUT2D eigenvalue weighted by molar-refractivity contribution is 0.0951. The van der Waals surface area contributed by atoms with Crippen LogP contribution in [0.5, 0.6) is 0 Å². The van der Waals surface area contributed by atoms with Crippen molar-refractivity contribution < 1.29 is 13.2 Å². The molecule has 1 amide bonds. The number of aryl methyl sites for hydroxylation is 1. The van der Waals surface area contributed by atoms with Crippen molar-refractivity contribution in [3.05, 3.63) is 77.9 Å². The molecule has 25 heavy (non-hydrogen) atoms. The van der Waals surface area contributed by atoms with E-state index in [9.17, 15) is 13.2 Å². The van der Waals surface area contributed by atoms with Crippen LogP contribution < -0.4 is 9.62 Å². The monoisotopic (exact) mass is 358 g/mol. The second-order valence-electron chi connectivity index (χ2n) is 5.74. The lowest BCUT2D eigenvalue weighted by atomic mass is 10.1. The molecule has 1 N–H and O–H groups in total. The Labute approximate surface area is 149 Å².